The molecular weight excluding hydrogens is 498 g/mol. The van der Waals surface area contributed by atoms with Crippen molar-refractivity contribution in [3.63, 3.8) is 0 Å². The summed E-state index contributed by atoms with van der Waals surface area (Å²) in [5.74, 6) is -1.10. The van der Waals surface area contributed by atoms with Gasteiger partial charge in [0.25, 0.3) is 5.69 Å². The van der Waals surface area contributed by atoms with Gasteiger partial charge in [-0.25, -0.2) is 13.2 Å². The normalized spacial score (nSPS) is 21.3. The van der Waals surface area contributed by atoms with E-state index in [4.69, 9.17) is 4.74 Å². The number of fused-ring (bicyclic) bond motifs is 1. The highest BCUT2D eigenvalue weighted by molar-refractivity contribution is 7.89. The molecule has 0 bridgehead atoms. The zero-order valence-corrected chi connectivity index (χ0v) is 20.6. The predicted octanol–water partition coefficient (Wildman–Crippen LogP) is 3.32. The lowest BCUT2D eigenvalue weighted by Crippen LogP contribution is -2.58. The molecule has 0 N–H and O–H groups in total. The molecule has 37 heavy (non-hydrogen) atoms. The van der Waals surface area contributed by atoms with Crippen molar-refractivity contribution in [2.75, 3.05) is 0 Å². The molecule has 10 nitrogen and oxygen atoms in total. The molecule has 3 atom stereocenters. The van der Waals surface area contributed by atoms with Gasteiger partial charge in [-0.3, -0.25) is 14.9 Å². The van der Waals surface area contributed by atoms with Crippen molar-refractivity contribution in [1.29, 1.82) is 0 Å². The third kappa shape index (κ3) is 4.36. The number of benzene rings is 3. The molecule has 0 aromatic heterocycles. The molecule has 0 spiro atoms. The van der Waals surface area contributed by atoms with Gasteiger partial charge in [0.15, 0.2) is 6.04 Å². The van der Waals surface area contributed by atoms with Crippen molar-refractivity contribution in [3.05, 3.63) is 106 Å². The number of ether oxygens (including phenoxy) is 1. The second kappa shape index (κ2) is 9.41. The van der Waals surface area contributed by atoms with E-state index in [0.29, 0.717) is 11.1 Å². The summed E-state index contributed by atoms with van der Waals surface area (Å²) >= 11 is 0. The smallest absolute Gasteiger partial charge is 0.331 e. The Labute approximate surface area is 213 Å². The van der Waals surface area contributed by atoms with Gasteiger partial charge in [-0.15, -0.1) is 0 Å². The fourth-order valence-corrected chi connectivity index (χ4v) is 6.52. The number of nitro groups is 1. The van der Waals surface area contributed by atoms with Crippen LogP contribution in [0.25, 0.3) is 0 Å². The van der Waals surface area contributed by atoms with Crippen molar-refractivity contribution >= 4 is 27.6 Å². The van der Waals surface area contributed by atoms with Crippen LogP contribution in [0.1, 0.15) is 29.2 Å². The first-order valence-corrected chi connectivity index (χ1v) is 13.0. The van der Waals surface area contributed by atoms with Gasteiger partial charge in [0.05, 0.1) is 22.3 Å². The number of esters is 1. The van der Waals surface area contributed by atoms with E-state index < -0.39 is 39.2 Å². The number of non-ortho nitro benzene ring substituents is 1. The summed E-state index contributed by atoms with van der Waals surface area (Å²) in [4.78, 5) is 37.8. The van der Waals surface area contributed by atoms with E-state index in [1.165, 1.54) is 45.6 Å². The van der Waals surface area contributed by atoms with Crippen LogP contribution in [0.5, 0.6) is 0 Å². The summed E-state index contributed by atoms with van der Waals surface area (Å²) in [5.41, 5.74) is 1.87. The second-order valence-electron chi connectivity index (χ2n) is 8.97. The highest BCUT2D eigenvalue weighted by Crippen LogP contribution is 2.48. The zero-order chi connectivity index (χ0) is 26.3. The van der Waals surface area contributed by atoms with Gasteiger partial charge in [0.2, 0.25) is 15.9 Å². The first-order chi connectivity index (χ1) is 17.7. The Kier molecular flexibility index (Phi) is 6.26. The molecule has 2 aliphatic rings. The third-order valence-corrected chi connectivity index (χ3v) is 8.53. The number of hydrogen-bond acceptors (Lipinski definition) is 7. The van der Waals surface area contributed by atoms with Crippen molar-refractivity contribution in [3.8, 4) is 0 Å². The molecule has 1 unspecified atom stereocenters. The highest BCUT2D eigenvalue weighted by Gasteiger charge is 2.63. The lowest BCUT2D eigenvalue weighted by Gasteiger charge is -2.38. The van der Waals surface area contributed by atoms with Crippen LogP contribution in [-0.4, -0.2) is 46.6 Å². The van der Waals surface area contributed by atoms with E-state index in [1.54, 1.807) is 42.5 Å². The van der Waals surface area contributed by atoms with Gasteiger partial charge in [-0.05, 0) is 42.3 Å². The van der Waals surface area contributed by atoms with Crippen LogP contribution in [0.4, 0.5) is 5.69 Å². The maximum Gasteiger partial charge on any atom is 0.331 e. The van der Waals surface area contributed by atoms with Gasteiger partial charge in [0.1, 0.15) is 12.8 Å². The summed E-state index contributed by atoms with van der Waals surface area (Å²) in [6.45, 7) is 1.66. The summed E-state index contributed by atoms with van der Waals surface area (Å²) in [7, 11) is -4.09. The predicted molar refractivity (Wildman–Crippen MR) is 131 cm³/mol. The Morgan fingerprint density at radius 3 is 2.27 bits per heavy atom. The van der Waals surface area contributed by atoms with E-state index in [1.807, 2.05) is 6.92 Å². The molecule has 0 radical (unpaired) electrons. The zero-order valence-electron chi connectivity index (χ0n) is 19.8. The van der Waals surface area contributed by atoms with Crippen LogP contribution in [0, 0.1) is 17.0 Å². The molecule has 0 aliphatic carbocycles. The Bertz CT molecular complexity index is 1460. The molecule has 2 aliphatic heterocycles. The molecule has 2 heterocycles. The third-order valence-electron chi connectivity index (χ3n) is 6.64. The number of β-lactam (4-membered cyclic amide) rings is 1. The first-order valence-electron chi connectivity index (χ1n) is 11.5. The lowest BCUT2D eigenvalue weighted by atomic mass is 9.99. The Balaban J connectivity index is 1.49. The van der Waals surface area contributed by atoms with Gasteiger partial charge < -0.3 is 9.64 Å². The monoisotopic (exact) mass is 521 g/mol. The van der Waals surface area contributed by atoms with Gasteiger partial charge in [-0.1, -0.05) is 48.0 Å². The molecule has 5 rings (SSSR count). The quantitative estimate of drug-likeness (QED) is 0.202. The minimum Gasteiger partial charge on any atom is -0.459 e. The van der Waals surface area contributed by atoms with Crippen LogP contribution in [0.3, 0.4) is 0 Å². The van der Waals surface area contributed by atoms with Crippen molar-refractivity contribution in [1.82, 2.24) is 9.21 Å². The molecule has 2 saturated heterocycles. The molecule has 2 fully saturated rings. The Hall–Kier alpha value is -4.09. The summed E-state index contributed by atoms with van der Waals surface area (Å²) in [5, 5.41) is 10.9. The fraction of sp³-hybridized carbons (Fsp3) is 0.231. The average molecular weight is 522 g/mol. The van der Waals surface area contributed by atoms with Crippen molar-refractivity contribution < 1.29 is 27.7 Å². The van der Waals surface area contributed by atoms with E-state index in [2.05, 4.69) is 0 Å². The van der Waals surface area contributed by atoms with Crippen LogP contribution in [0.15, 0.2) is 83.8 Å². The molecule has 1 amide bonds. The summed E-state index contributed by atoms with van der Waals surface area (Å²) in [6, 6.07) is 18.5. The minimum absolute atomic E-state index is 0.0411. The molecule has 3 aromatic rings. The van der Waals surface area contributed by atoms with Crippen LogP contribution in [-0.2, 0) is 31.0 Å². The largest absolute Gasteiger partial charge is 0.459 e. The summed E-state index contributed by atoms with van der Waals surface area (Å²) < 4.78 is 34.4. The minimum atomic E-state index is -4.09. The van der Waals surface area contributed by atoms with E-state index in [9.17, 15) is 28.1 Å². The number of rotatable bonds is 7. The van der Waals surface area contributed by atoms with Crippen LogP contribution in [0.2, 0.25) is 0 Å². The van der Waals surface area contributed by atoms with Crippen LogP contribution >= 0.6 is 0 Å². The first kappa shape index (κ1) is 24.6. The SMILES string of the molecule is Cc1ccc(S(=O)(=O)N2C(c3ccccc3)[C@H](C(=O)OCc3ccc([N+](=O)[O-])cc3)N3C(=O)C[C@H]32)cc1. The number of hydrogen-bond donors (Lipinski definition) is 0. The standard InChI is InChI=1S/C26H23N3O7S/c1-17-7-13-21(14-8-17)37(34,35)28-22-15-23(30)27(22)25(24(28)19-5-3-2-4-6-19)26(31)36-16-18-9-11-20(12-10-18)29(32)33/h2-14,22,24-25H,15-16H2,1H3/t22-,24?,25-/m1/s1. The average Bonchev–Trinajstić information content (AvgIpc) is 3.18. The molecule has 0 saturated carbocycles. The Morgan fingerprint density at radius 1 is 1.03 bits per heavy atom. The van der Waals surface area contributed by atoms with Crippen molar-refractivity contribution in [2.45, 2.75) is 43.1 Å². The van der Waals surface area contributed by atoms with Crippen molar-refractivity contribution in [2.24, 2.45) is 0 Å². The molecular formula is C26H23N3O7S. The number of sulfonamides is 1. The van der Waals surface area contributed by atoms with E-state index >= 15 is 0 Å². The number of carbonyl (C=O) groups is 2. The van der Waals surface area contributed by atoms with Gasteiger partial charge >= 0.3 is 5.97 Å². The second-order valence-corrected chi connectivity index (χ2v) is 10.8. The number of nitro benzene ring substituents is 1. The lowest BCUT2D eigenvalue weighted by molar-refractivity contribution is -0.384. The molecule has 3 aromatic carbocycles. The number of nitrogens with zero attached hydrogens (tertiary/aromatic N) is 3. The van der Waals surface area contributed by atoms with Crippen LogP contribution < -0.4 is 0 Å². The maximum atomic E-state index is 13.8. The summed E-state index contributed by atoms with van der Waals surface area (Å²) in [6.07, 6.45) is -0.860. The van der Waals surface area contributed by atoms with Gasteiger partial charge in [0, 0.05) is 12.1 Å². The number of amides is 1. The van der Waals surface area contributed by atoms with Gasteiger partial charge in [-0.2, -0.15) is 4.31 Å². The number of aryl methyl sites for hydroxylation is 1. The fourth-order valence-electron chi connectivity index (χ4n) is 4.76. The topological polar surface area (TPSA) is 127 Å². The Morgan fingerprint density at radius 2 is 1.68 bits per heavy atom. The van der Waals surface area contributed by atoms with E-state index in [-0.39, 0.29) is 29.5 Å². The maximum absolute atomic E-state index is 13.8. The van der Waals surface area contributed by atoms with E-state index in [0.717, 1.165) is 5.56 Å². The molecule has 190 valence electrons. The molecule has 11 heteroatoms. The highest BCUT2D eigenvalue weighted by atomic mass is 32.2. The number of carbonyl (C=O) groups excluding carboxylic acids is 2.